The van der Waals surface area contributed by atoms with E-state index in [2.05, 4.69) is 5.32 Å². The first kappa shape index (κ1) is 27.7. The molecule has 0 unspecified atom stereocenters. The number of carbonyl (C=O) groups is 1. The van der Waals surface area contributed by atoms with E-state index in [0.717, 1.165) is 23.4 Å². The molecule has 4 aromatic rings. The number of aromatic carboxylic acids is 1. The molecular weight excluding hydrogens is 515 g/mol. The van der Waals surface area contributed by atoms with E-state index in [9.17, 15) is 27.9 Å². The number of methoxy groups -OCH3 is 1. The third kappa shape index (κ3) is 6.23. The Balaban J connectivity index is 1.57. The lowest BCUT2D eigenvalue weighted by atomic mass is 9.99. The molecule has 1 atom stereocenters. The predicted molar refractivity (Wildman–Crippen MR) is 140 cm³/mol. The van der Waals surface area contributed by atoms with Crippen LogP contribution in [0, 0.1) is 6.92 Å². The van der Waals surface area contributed by atoms with E-state index < -0.39 is 28.9 Å². The second-order valence-corrected chi connectivity index (χ2v) is 8.95. The molecule has 0 aliphatic carbocycles. The van der Waals surface area contributed by atoms with E-state index in [4.69, 9.17) is 13.9 Å². The van der Waals surface area contributed by atoms with Crippen molar-refractivity contribution in [2.24, 2.45) is 0 Å². The smallest absolute Gasteiger partial charge is 0.416 e. The Hall–Kier alpha value is -4.31. The van der Waals surface area contributed by atoms with Crippen LogP contribution in [0.1, 0.15) is 40.0 Å². The van der Waals surface area contributed by atoms with Gasteiger partial charge in [-0.2, -0.15) is 13.2 Å². The van der Waals surface area contributed by atoms with Crippen molar-refractivity contribution in [3.63, 3.8) is 0 Å². The summed E-state index contributed by atoms with van der Waals surface area (Å²) < 4.78 is 57.2. The normalized spacial score (nSPS) is 12.4. The van der Waals surface area contributed by atoms with Gasteiger partial charge in [-0.1, -0.05) is 24.3 Å². The van der Waals surface area contributed by atoms with E-state index in [1.54, 1.807) is 7.11 Å². The zero-order valence-corrected chi connectivity index (χ0v) is 21.4. The van der Waals surface area contributed by atoms with Crippen LogP contribution in [0.4, 0.5) is 13.2 Å². The minimum absolute atomic E-state index is 0.0228. The van der Waals surface area contributed by atoms with Gasteiger partial charge in [0.05, 0.1) is 12.7 Å². The van der Waals surface area contributed by atoms with Gasteiger partial charge in [-0.05, 0) is 72.5 Å². The van der Waals surface area contributed by atoms with Crippen molar-refractivity contribution in [1.29, 1.82) is 0 Å². The Morgan fingerprint density at radius 2 is 1.82 bits per heavy atom. The van der Waals surface area contributed by atoms with E-state index in [1.807, 2.05) is 31.2 Å². The molecule has 39 heavy (non-hydrogen) atoms. The fourth-order valence-electron chi connectivity index (χ4n) is 4.27. The summed E-state index contributed by atoms with van der Waals surface area (Å²) in [5.74, 6) is -0.673. The molecule has 1 aromatic heterocycles. The number of carboxylic acids is 1. The molecule has 0 aliphatic rings. The molecule has 0 fully saturated rings. The summed E-state index contributed by atoms with van der Waals surface area (Å²) in [5.41, 5.74) is -0.612. The number of benzene rings is 3. The van der Waals surface area contributed by atoms with E-state index in [1.165, 1.54) is 31.2 Å². The standard InChI is InChI=1S/C29H26F3NO6/c1-16-24-8-7-19(14-25(24)39-28(36)26(16)27(34)35)20-11-21(29(30,31)32)15-23(13-20)38-10-9-33-17(2)18-5-4-6-22(12-18)37-3/h4-8,11-15,17,33H,9-10H2,1-3H3,(H,34,35)/t17-/m1/s1. The average Bonchev–Trinajstić information content (AvgIpc) is 2.89. The SMILES string of the molecule is COc1cccc([C@@H](C)NCCOc2cc(-c3ccc4c(C)c(C(=O)O)c(=O)oc4c3)cc(C(F)(F)F)c2)c1. The summed E-state index contributed by atoms with van der Waals surface area (Å²) in [6.45, 7) is 3.91. The fraction of sp³-hybridized carbons (Fsp3) is 0.241. The van der Waals surface area contributed by atoms with Crippen LogP contribution in [-0.2, 0) is 6.18 Å². The van der Waals surface area contributed by atoms with Gasteiger partial charge in [0.15, 0.2) is 0 Å². The molecule has 4 rings (SSSR count). The van der Waals surface area contributed by atoms with Crippen LogP contribution < -0.4 is 20.4 Å². The second-order valence-electron chi connectivity index (χ2n) is 8.95. The lowest BCUT2D eigenvalue weighted by molar-refractivity contribution is -0.137. The van der Waals surface area contributed by atoms with Gasteiger partial charge in [0.1, 0.15) is 29.3 Å². The van der Waals surface area contributed by atoms with Crippen LogP contribution in [0.25, 0.3) is 22.1 Å². The molecular formula is C29H26F3NO6. The minimum atomic E-state index is -4.62. The first-order valence-corrected chi connectivity index (χ1v) is 12.0. The van der Waals surface area contributed by atoms with Gasteiger partial charge in [-0.3, -0.25) is 0 Å². The number of hydrogen-bond acceptors (Lipinski definition) is 6. The molecule has 0 amide bonds. The number of carboxylic acid groups (broad SMARTS) is 1. The topological polar surface area (TPSA) is 98.0 Å². The van der Waals surface area contributed by atoms with Crippen molar-refractivity contribution in [2.75, 3.05) is 20.3 Å². The maximum atomic E-state index is 13.7. The number of aryl methyl sites for hydroxylation is 1. The molecule has 7 nitrogen and oxygen atoms in total. The van der Waals surface area contributed by atoms with Gasteiger partial charge in [0.25, 0.3) is 0 Å². The number of fused-ring (bicyclic) bond motifs is 1. The van der Waals surface area contributed by atoms with Gasteiger partial charge in [-0.25, -0.2) is 9.59 Å². The Morgan fingerprint density at radius 3 is 2.51 bits per heavy atom. The Kier molecular flexibility index (Phi) is 7.96. The molecule has 0 saturated carbocycles. The summed E-state index contributed by atoms with van der Waals surface area (Å²) in [6.07, 6.45) is -4.62. The van der Waals surface area contributed by atoms with E-state index in [-0.39, 0.29) is 35.1 Å². The van der Waals surface area contributed by atoms with Crippen molar-refractivity contribution in [1.82, 2.24) is 5.32 Å². The van der Waals surface area contributed by atoms with E-state index >= 15 is 0 Å². The summed E-state index contributed by atoms with van der Waals surface area (Å²) in [5, 5.41) is 12.9. The lowest BCUT2D eigenvalue weighted by Gasteiger charge is -2.17. The van der Waals surface area contributed by atoms with Crippen molar-refractivity contribution >= 4 is 16.9 Å². The van der Waals surface area contributed by atoms with Crippen LogP contribution >= 0.6 is 0 Å². The Labute approximate surface area is 221 Å². The average molecular weight is 542 g/mol. The van der Waals surface area contributed by atoms with Gasteiger partial charge >= 0.3 is 17.8 Å². The van der Waals surface area contributed by atoms with Gasteiger partial charge < -0.3 is 24.3 Å². The highest BCUT2D eigenvalue weighted by Gasteiger charge is 2.31. The highest BCUT2D eigenvalue weighted by Crippen LogP contribution is 2.36. The zero-order chi connectivity index (χ0) is 28.3. The maximum absolute atomic E-state index is 13.7. The van der Waals surface area contributed by atoms with E-state index in [0.29, 0.717) is 17.5 Å². The van der Waals surface area contributed by atoms with Crippen molar-refractivity contribution < 1.29 is 37.0 Å². The number of ether oxygens (including phenoxy) is 2. The molecule has 0 saturated heterocycles. The third-order valence-electron chi connectivity index (χ3n) is 6.36. The molecule has 0 spiro atoms. The first-order chi connectivity index (χ1) is 18.5. The van der Waals surface area contributed by atoms with Gasteiger partial charge in [0.2, 0.25) is 0 Å². The molecule has 2 N–H and O–H groups in total. The molecule has 0 radical (unpaired) electrons. The zero-order valence-electron chi connectivity index (χ0n) is 21.4. The van der Waals surface area contributed by atoms with Gasteiger partial charge in [-0.15, -0.1) is 0 Å². The molecule has 3 aromatic carbocycles. The number of alkyl halides is 3. The summed E-state index contributed by atoms with van der Waals surface area (Å²) >= 11 is 0. The number of nitrogens with one attached hydrogen (secondary N) is 1. The van der Waals surface area contributed by atoms with Crippen molar-refractivity contribution in [3.8, 4) is 22.6 Å². The summed E-state index contributed by atoms with van der Waals surface area (Å²) in [4.78, 5) is 23.6. The quantitative estimate of drug-likeness (QED) is 0.192. The summed E-state index contributed by atoms with van der Waals surface area (Å²) in [6, 6.07) is 15.3. The molecule has 204 valence electrons. The first-order valence-electron chi connectivity index (χ1n) is 12.0. The monoisotopic (exact) mass is 541 g/mol. The maximum Gasteiger partial charge on any atom is 0.416 e. The van der Waals surface area contributed by atoms with Crippen molar-refractivity contribution in [3.05, 3.63) is 93.3 Å². The summed E-state index contributed by atoms with van der Waals surface area (Å²) in [7, 11) is 1.58. The largest absolute Gasteiger partial charge is 0.497 e. The number of rotatable bonds is 9. The fourth-order valence-corrected chi connectivity index (χ4v) is 4.27. The third-order valence-corrected chi connectivity index (χ3v) is 6.36. The number of hydrogen-bond donors (Lipinski definition) is 2. The molecule has 10 heteroatoms. The molecule has 0 aliphatic heterocycles. The second kappa shape index (κ2) is 11.2. The van der Waals surface area contributed by atoms with Crippen LogP contribution in [0.5, 0.6) is 11.5 Å². The number of halogens is 3. The lowest BCUT2D eigenvalue weighted by Crippen LogP contribution is -2.24. The van der Waals surface area contributed by atoms with Crippen LogP contribution in [-0.4, -0.2) is 31.3 Å². The highest BCUT2D eigenvalue weighted by atomic mass is 19.4. The van der Waals surface area contributed by atoms with Crippen LogP contribution in [0.3, 0.4) is 0 Å². The Bertz CT molecular complexity index is 1580. The van der Waals surface area contributed by atoms with Crippen LogP contribution in [0.15, 0.2) is 69.9 Å². The predicted octanol–water partition coefficient (Wildman–Crippen LogP) is 6.22. The van der Waals surface area contributed by atoms with Crippen LogP contribution in [0.2, 0.25) is 0 Å². The van der Waals surface area contributed by atoms with Gasteiger partial charge in [0, 0.05) is 18.0 Å². The van der Waals surface area contributed by atoms with Crippen molar-refractivity contribution in [2.45, 2.75) is 26.1 Å². The molecule has 0 bridgehead atoms. The minimum Gasteiger partial charge on any atom is -0.497 e. The molecule has 1 heterocycles. The Morgan fingerprint density at radius 1 is 1.05 bits per heavy atom. The highest BCUT2D eigenvalue weighted by molar-refractivity contribution is 5.95.